The summed E-state index contributed by atoms with van der Waals surface area (Å²) in [6.07, 6.45) is 0.753. The van der Waals surface area contributed by atoms with Crippen LogP contribution in [0.5, 0.6) is 5.75 Å². The lowest BCUT2D eigenvalue weighted by Gasteiger charge is -2.08. The molecule has 0 aliphatic heterocycles. The third-order valence-electron chi connectivity index (χ3n) is 3.55. The zero-order valence-electron chi connectivity index (χ0n) is 14.4. The first kappa shape index (κ1) is 18.5. The monoisotopic (exact) mass is 342 g/mol. The third-order valence-corrected chi connectivity index (χ3v) is 3.55. The molecule has 0 fully saturated rings. The van der Waals surface area contributed by atoms with E-state index in [1.54, 1.807) is 62.8 Å². The summed E-state index contributed by atoms with van der Waals surface area (Å²) in [5, 5.41) is 5.60. The van der Waals surface area contributed by atoms with Gasteiger partial charge in [-0.1, -0.05) is 6.07 Å². The van der Waals surface area contributed by atoms with Crippen LogP contribution in [0.1, 0.15) is 27.1 Å². The maximum atomic E-state index is 12.3. The normalized spacial score (nSPS) is 10.2. The number of anilines is 1. The molecule has 0 radical (unpaired) electrons. The van der Waals surface area contributed by atoms with Crippen molar-refractivity contribution >= 4 is 17.5 Å². The van der Waals surface area contributed by atoms with Crippen molar-refractivity contribution in [1.82, 2.24) is 5.32 Å². The lowest BCUT2D eigenvalue weighted by molar-refractivity contribution is 0.0947. The molecular formula is C19H22N2O4. The molecule has 0 bridgehead atoms. The molecule has 0 saturated carbocycles. The van der Waals surface area contributed by atoms with E-state index < -0.39 is 0 Å². The van der Waals surface area contributed by atoms with Crippen LogP contribution < -0.4 is 15.4 Å². The van der Waals surface area contributed by atoms with Crippen molar-refractivity contribution in [1.29, 1.82) is 0 Å². The van der Waals surface area contributed by atoms with E-state index in [0.717, 1.165) is 6.42 Å². The molecular weight excluding hydrogens is 320 g/mol. The van der Waals surface area contributed by atoms with E-state index in [1.165, 1.54) is 0 Å². The van der Waals surface area contributed by atoms with Crippen LogP contribution >= 0.6 is 0 Å². The zero-order chi connectivity index (χ0) is 18.1. The Hall–Kier alpha value is -2.86. The van der Waals surface area contributed by atoms with Crippen LogP contribution in [-0.4, -0.2) is 39.2 Å². The minimum absolute atomic E-state index is 0.171. The smallest absolute Gasteiger partial charge is 0.255 e. The highest BCUT2D eigenvalue weighted by atomic mass is 16.5. The van der Waals surface area contributed by atoms with Crippen molar-refractivity contribution in [3.63, 3.8) is 0 Å². The molecule has 2 aromatic rings. The van der Waals surface area contributed by atoms with Gasteiger partial charge in [0.25, 0.3) is 11.8 Å². The van der Waals surface area contributed by atoms with Crippen LogP contribution in [0, 0.1) is 0 Å². The topological polar surface area (TPSA) is 76.7 Å². The van der Waals surface area contributed by atoms with E-state index in [-0.39, 0.29) is 11.8 Å². The number of rotatable bonds is 8. The van der Waals surface area contributed by atoms with E-state index in [2.05, 4.69) is 10.6 Å². The minimum Gasteiger partial charge on any atom is -0.497 e. The summed E-state index contributed by atoms with van der Waals surface area (Å²) >= 11 is 0. The van der Waals surface area contributed by atoms with E-state index in [0.29, 0.717) is 35.7 Å². The van der Waals surface area contributed by atoms with Crippen LogP contribution in [0.3, 0.4) is 0 Å². The van der Waals surface area contributed by atoms with Crippen molar-refractivity contribution in [3.8, 4) is 5.75 Å². The second kappa shape index (κ2) is 9.44. The molecule has 0 spiro atoms. The average Bonchev–Trinajstić information content (AvgIpc) is 2.65. The fraction of sp³-hybridized carbons (Fsp3) is 0.263. The van der Waals surface area contributed by atoms with Gasteiger partial charge in [-0.2, -0.15) is 0 Å². The lowest BCUT2D eigenvalue weighted by Crippen LogP contribution is -2.25. The number of hydrogen-bond acceptors (Lipinski definition) is 4. The van der Waals surface area contributed by atoms with Crippen LogP contribution in [-0.2, 0) is 4.74 Å². The van der Waals surface area contributed by atoms with Crippen molar-refractivity contribution in [2.45, 2.75) is 6.42 Å². The van der Waals surface area contributed by atoms with Crippen molar-refractivity contribution < 1.29 is 19.1 Å². The first-order valence-electron chi connectivity index (χ1n) is 7.96. The SMILES string of the molecule is COCCCNC(=O)c1ccc(C(=O)Nc2cccc(OC)c2)cc1. The molecule has 0 atom stereocenters. The minimum atomic E-state index is -0.250. The second-order valence-corrected chi connectivity index (χ2v) is 5.37. The molecule has 132 valence electrons. The van der Waals surface area contributed by atoms with Crippen molar-refractivity contribution in [3.05, 3.63) is 59.7 Å². The van der Waals surface area contributed by atoms with Gasteiger partial charge in [-0.25, -0.2) is 0 Å². The van der Waals surface area contributed by atoms with Crippen molar-refractivity contribution in [2.75, 3.05) is 32.7 Å². The van der Waals surface area contributed by atoms with Gasteiger partial charge in [-0.15, -0.1) is 0 Å². The molecule has 0 saturated heterocycles. The van der Waals surface area contributed by atoms with Crippen molar-refractivity contribution in [2.24, 2.45) is 0 Å². The van der Waals surface area contributed by atoms with Crippen LogP contribution in [0.15, 0.2) is 48.5 Å². The Balaban J connectivity index is 1.94. The third kappa shape index (κ3) is 5.61. The van der Waals surface area contributed by atoms with Gasteiger partial charge in [0.1, 0.15) is 5.75 Å². The summed E-state index contributed by atoms with van der Waals surface area (Å²) in [5.74, 6) is 0.245. The summed E-state index contributed by atoms with van der Waals surface area (Å²) in [4.78, 5) is 24.3. The number of carbonyl (C=O) groups excluding carboxylic acids is 2. The highest BCUT2D eigenvalue weighted by Crippen LogP contribution is 2.17. The van der Waals surface area contributed by atoms with Crippen LogP contribution in [0.25, 0.3) is 0 Å². The van der Waals surface area contributed by atoms with Gasteiger partial charge in [0, 0.05) is 43.1 Å². The maximum absolute atomic E-state index is 12.3. The van der Waals surface area contributed by atoms with Gasteiger partial charge in [0.05, 0.1) is 7.11 Å². The average molecular weight is 342 g/mol. The molecule has 0 unspecified atom stereocenters. The number of hydrogen-bond donors (Lipinski definition) is 2. The predicted molar refractivity (Wildman–Crippen MR) is 96.2 cm³/mol. The maximum Gasteiger partial charge on any atom is 0.255 e. The highest BCUT2D eigenvalue weighted by Gasteiger charge is 2.09. The Bertz CT molecular complexity index is 714. The quantitative estimate of drug-likeness (QED) is 0.723. The molecule has 0 aromatic heterocycles. The van der Waals surface area contributed by atoms with Gasteiger partial charge in [0.2, 0.25) is 0 Å². The summed E-state index contributed by atoms with van der Waals surface area (Å²) in [6.45, 7) is 1.15. The van der Waals surface area contributed by atoms with E-state index >= 15 is 0 Å². The Labute approximate surface area is 147 Å². The van der Waals surface area contributed by atoms with Crippen LogP contribution in [0.4, 0.5) is 5.69 Å². The van der Waals surface area contributed by atoms with Gasteiger partial charge < -0.3 is 20.1 Å². The molecule has 0 heterocycles. The van der Waals surface area contributed by atoms with Gasteiger partial charge in [-0.05, 0) is 42.8 Å². The Kier molecular flexibility index (Phi) is 6.98. The number of benzene rings is 2. The highest BCUT2D eigenvalue weighted by molar-refractivity contribution is 6.05. The first-order chi connectivity index (χ1) is 12.1. The van der Waals surface area contributed by atoms with E-state index in [1.807, 2.05) is 0 Å². The first-order valence-corrected chi connectivity index (χ1v) is 7.96. The summed E-state index contributed by atoms with van der Waals surface area (Å²) in [6, 6.07) is 13.6. The molecule has 2 aromatic carbocycles. The number of ether oxygens (including phenoxy) is 2. The Morgan fingerprint density at radius 2 is 1.64 bits per heavy atom. The molecule has 0 aliphatic rings. The van der Waals surface area contributed by atoms with E-state index in [4.69, 9.17) is 9.47 Å². The van der Waals surface area contributed by atoms with E-state index in [9.17, 15) is 9.59 Å². The molecule has 2 rings (SSSR count). The lowest BCUT2D eigenvalue weighted by atomic mass is 10.1. The molecule has 25 heavy (non-hydrogen) atoms. The van der Waals surface area contributed by atoms with Crippen LogP contribution in [0.2, 0.25) is 0 Å². The Morgan fingerprint density at radius 3 is 2.28 bits per heavy atom. The fourth-order valence-corrected chi connectivity index (χ4v) is 2.20. The summed E-state index contributed by atoms with van der Waals surface area (Å²) in [7, 11) is 3.19. The number of amides is 2. The van der Waals surface area contributed by atoms with Gasteiger partial charge in [-0.3, -0.25) is 9.59 Å². The molecule has 2 N–H and O–H groups in total. The van der Waals surface area contributed by atoms with Gasteiger partial charge >= 0.3 is 0 Å². The molecule has 2 amide bonds. The number of methoxy groups -OCH3 is 2. The number of carbonyl (C=O) groups is 2. The zero-order valence-corrected chi connectivity index (χ0v) is 14.4. The Morgan fingerprint density at radius 1 is 0.960 bits per heavy atom. The number of nitrogens with one attached hydrogen (secondary N) is 2. The van der Waals surface area contributed by atoms with Gasteiger partial charge in [0.15, 0.2) is 0 Å². The second-order valence-electron chi connectivity index (χ2n) is 5.37. The summed E-state index contributed by atoms with van der Waals surface area (Å²) in [5.41, 5.74) is 1.62. The molecule has 6 heteroatoms. The molecule has 6 nitrogen and oxygen atoms in total. The standard InChI is InChI=1S/C19H22N2O4/c1-24-12-4-11-20-18(22)14-7-9-15(10-8-14)19(23)21-16-5-3-6-17(13-16)25-2/h3,5-10,13H,4,11-12H2,1-2H3,(H,20,22)(H,21,23). The largest absolute Gasteiger partial charge is 0.497 e. The predicted octanol–water partition coefficient (Wildman–Crippen LogP) is 2.71. The fourth-order valence-electron chi connectivity index (χ4n) is 2.20. The summed E-state index contributed by atoms with van der Waals surface area (Å²) < 4.78 is 10.1. The molecule has 0 aliphatic carbocycles.